The van der Waals surface area contributed by atoms with Gasteiger partial charge in [0.25, 0.3) is 5.56 Å². The molecule has 2 heterocycles. The van der Waals surface area contributed by atoms with E-state index in [0.717, 1.165) is 6.07 Å². The third-order valence-corrected chi connectivity index (χ3v) is 3.28. The molecule has 1 amide bonds. The van der Waals surface area contributed by atoms with Gasteiger partial charge in [0, 0.05) is 18.1 Å². The summed E-state index contributed by atoms with van der Waals surface area (Å²) in [6, 6.07) is 5.74. The SMILES string of the molecule is CC(C)(C)OC(=O)NCCCOc1ccc2cc(C(=O)O)cc(=O)n2c1. The van der Waals surface area contributed by atoms with Gasteiger partial charge in [0.2, 0.25) is 0 Å². The van der Waals surface area contributed by atoms with Crippen LogP contribution in [-0.2, 0) is 4.74 Å². The maximum Gasteiger partial charge on any atom is 0.407 e. The maximum absolute atomic E-state index is 12.0. The van der Waals surface area contributed by atoms with Crippen molar-refractivity contribution in [3.8, 4) is 5.75 Å². The second kappa shape index (κ2) is 7.90. The van der Waals surface area contributed by atoms with Crippen LogP contribution < -0.4 is 15.6 Å². The minimum Gasteiger partial charge on any atom is -0.492 e. The van der Waals surface area contributed by atoms with E-state index < -0.39 is 23.2 Å². The van der Waals surface area contributed by atoms with Crippen molar-refractivity contribution < 1.29 is 24.2 Å². The van der Waals surface area contributed by atoms with E-state index >= 15 is 0 Å². The number of hydrogen-bond donors (Lipinski definition) is 2. The van der Waals surface area contributed by atoms with E-state index in [4.69, 9.17) is 14.6 Å². The Balaban J connectivity index is 1.89. The molecule has 2 rings (SSSR count). The quantitative estimate of drug-likeness (QED) is 0.764. The Morgan fingerprint density at radius 1 is 1.23 bits per heavy atom. The predicted octanol–water partition coefficient (Wildman–Crippen LogP) is 2.29. The fourth-order valence-electron chi connectivity index (χ4n) is 2.18. The molecule has 0 bridgehead atoms. The van der Waals surface area contributed by atoms with Gasteiger partial charge in [0.15, 0.2) is 0 Å². The summed E-state index contributed by atoms with van der Waals surface area (Å²) in [6.07, 6.45) is 1.58. The Labute approximate surface area is 150 Å². The number of fused-ring (bicyclic) bond motifs is 1. The first-order chi connectivity index (χ1) is 12.2. The molecular formula is C18H22N2O6. The average molecular weight is 362 g/mol. The van der Waals surface area contributed by atoms with E-state index in [1.165, 1.54) is 16.7 Å². The first kappa shape index (κ1) is 19.3. The first-order valence-corrected chi connectivity index (χ1v) is 8.15. The molecule has 2 aromatic heterocycles. The number of pyridine rings is 2. The van der Waals surface area contributed by atoms with Gasteiger partial charge in [-0.25, -0.2) is 9.59 Å². The number of hydrogen-bond acceptors (Lipinski definition) is 5. The van der Waals surface area contributed by atoms with Gasteiger partial charge in [-0.05, 0) is 45.4 Å². The van der Waals surface area contributed by atoms with Crippen LogP contribution in [0.3, 0.4) is 0 Å². The number of ether oxygens (including phenoxy) is 2. The van der Waals surface area contributed by atoms with Gasteiger partial charge in [-0.3, -0.25) is 9.20 Å². The van der Waals surface area contributed by atoms with Crippen molar-refractivity contribution >= 4 is 17.6 Å². The number of carboxylic acids is 1. The van der Waals surface area contributed by atoms with Crippen molar-refractivity contribution in [3.63, 3.8) is 0 Å². The molecule has 26 heavy (non-hydrogen) atoms. The molecule has 140 valence electrons. The minimum atomic E-state index is -1.15. The highest BCUT2D eigenvalue weighted by atomic mass is 16.6. The number of carbonyl (C=O) groups excluding carboxylic acids is 1. The summed E-state index contributed by atoms with van der Waals surface area (Å²) in [6.45, 7) is 6.10. The fourth-order valence-corrected chi connectivity index (χ4v) is 2.18. The molecule has 8 heteroatoms. The van der Waals surface area contributed by atoms with Gasteiger partial charge >= 0.3 is 12.1 Å². The first-order valence-electron chi connectivity index (χ1n) is 8.15. The summed E-state index contributed by atoms with van der Waals surface area (Å²) in [5.41, 5.74) is -0.581. The summed E-state index contributed by atoms with van der Waals surface area (Å²) in [7, 11) is 0. The molecule has 0 aliphatic rings. The van der Waals surface area contributed by atoms with Crippen molar-refractivity contribution in [2.75, 3.05) is 13.2 Å². The summed E-state index contributed by atoms with van der Waals surface area (Å²) < 4.78 is 12.0. The molecule has 0 aromatic carbocycles. The standard InChI is InChI=1S/C18H22N2O6/c1-18(2,3)26-17(24)19-7-4-8-25-14-6-5-13-9-12(16(22)23)10-15(21)20(13)11-14/h5-6,9-11H,4,7-8H2,1-3H3,(H,19,24)(H,22,23). The number of nitrogens with one attached hydrogen (secondary N) is 1. The van der Waals surface area contributed by atoms with Crippen LogP contribution in [0.4, 0.5) is 4.79 Å². The molecule has 0 spiro atoms. The second-order valence-electron chi connectivity index (χ2n) is 6.68. The molecular weight excluding hydrogens is 340 g/mol. The average Bonchev–Trinajstić information content (AvgIpc) is 2.53. The zero-order valence-corrected chi connectivity index (χ0v) is 14.9. The van der Waals surface area contributed by atoms with Gasteiger partial charge in [-0.2, -0.15) is 0 Å². The van der Waals surface area contributed by atoms with E-state index in [0.29, 0.717) is 30.8 Å². The van der Waals surface area contributed by atoms with Crippen molar-refractivity contribution in [2.24, 2.45) is 0 Å². The lowest BCUT2D eigenvalue weighted by atomic mass is 10.2. The van der Waals surface area contributed by atoms with Crippen molar-refractivity contribution in [2.45, 2.75) is 32.8 Å². The van der Waals surface area contributed by atoms with Gasteiger partial charge in [-0.15, -0.1) is 0 Å². The van der Waals surface area contributed by atoms with Gasteiger partial charge in [0.05, 0.1) is 18.4 Å². The highest BCUT2D eigenvalue weighted by Gasteiger charge is 2.15. The molecule has 0 unspecified atom stereocenters. The Hall–Kier alpha value is -3.03. The van der Waals surface area contributed by atoms with Gasteiger partial charge in [0.1, 0.15) is 11.4 Å². The van der Waals surface area contributed by atoms with Crippen LogP contribution in [0.15, 0.2) is 35.3 Å². The number of alkyl carbamates (subject to hydrolysis) is 1. The van der Waals surface area contributed by atoms with E-state index in [9.17, 15) is 14.4 Å². The zero-order valence-electron chi connectivity index (χ0n) is 14.9. The maximum atomic E-state index is 12.0. The zero-order chi connectivity index (χ0) is 19.3. The number of aromatic nitrogens is 1. The Kier molecular flexibility index (Phi) is 5.86. The molecule has 0 atom stereocenters. The topological polar surface area (TPSA) is 106 Å². The number of carboxylic acid groups (broad SMARTS) is 1. The summed E-state index contributed by atoms with van der Waals surface area (Å²) in [4.78, 5) is 34.5. The number of aromatic carboxylic acids is 1. The predicted molar refractivity (Wildman–Crippen MR) is 95.0 cm³/mol. The molecule has 0 aliphatic carbocycles. The highest BCUT2D eigenvalue weighted by molar-refractivity contribution is 5.88. The van der Waals surface area contributed by atoms with Gasteiger partial charge < -0.3 is 19.9 Å². The molecule has 2 aromatic rings. The fraction of sp³-hybridized carbons (Fsp3) is 0.389. The summed E-state index contributed by atoms with van der Waals surface area (Å²) in [5, 5.41) is 11.6. The van der Waals surface area contributed by atoms with E-state index in [1.807, 2.05) is 0 Å². The number of amides is 1. The summed E-state index contributed by atoms with van der Waals surface area (Å²) in [5.74, 6) is -0.678. The molecule has 0 fully saturated rings. The number of carbonyl (C=O) groups is 2. The smallest absolute Gasteiger partial charge is 0.407 e. The Bertz CT molecular complexity index is 866. The Morgan fingerprint density at radius 3 is 2.62 bits per heavy atom. The highest BCUT2D eigenvalue weighted by Crippen LogP contribution is 2.13. The summed E-state index contributed by atoms with van der Waals surface area (Å²) >= 11 is 0. The minimum absolute atomic E-state index is 0.0584. The molecule has 0 saturated carbocycles. The Morgan fingerprint density at radius 2 is 1.96 bits per heavy atom. The van der Waals surface area contributed by atoms with Crippen LogP contribution >= 0.6 is 0 Å². The normalized spacial score (nSPS) is 11.2. The van der Waals surface area contributed by atoms with Crippen LogP contribution in [0.5, 0.6) is 5.75 Å². The molecule has 0 radical (unpaired) electrons. The number of nitrogens with zero attached hydrogens (tertiary/aromatic N) is 1. The molecule has 8 nitrogen and oxygen atoms in total. The second-order valence-corrected chi connectivity index (χ2v) is 6.68. The van der Waals surface area contributed by atoms with Gasteiger partial charge in [-0.1, -0.05) is 0 Å². The molecule has 0 aliphatic heterocycles. The number of rotatable bonds is 6. The van der Waals surface area contributed by atoms with E-state index in [1.54, 1.807) is 32.9 Å². The van der Waals surface area contributed by atoms with E-state index in [2.05, 4.69) is 5.32 Å². The monoisotopic (exact) mass is 362 g/mol. The van der Waals surface area contributed by atoms with E-state index in [-0.39, 0.29) is 5.56 Å². The van der Waals surface area contributed by atoms with Crippen molar-refractivity contribution in [1.82, 2.24) is 9.72 Å². The molecule has 2 N–H and O–H groups in total. The van der Waals surface area contributed by atoms with Crippen LogP contribution in [0.2, 0.25) is 0 Å². The van der Waals surface area contributed by atoms with Crippen LogP contribution in [-0.4, -0.2) is 40.3 Å². The van der Waals surface area contributed by atoms with Crippen LogP contribution in [0, 0.1) is 0 Å². The third kappa shape index (κ3) is 5.51. The lowest BCUT2D eigenvalue weighted by molar-refractivity contribution is 0.0525. The van der Waals surface area contributed by atoms with Crippen LogP contribution in [0.1, 0.15) is 37.6 Å². The third-order valence-electron chi connectivity index (χ3n) is 3.28. The lowest BCUT2D eigenvalue weighted by Crippen LogP contribution is -2.33. The lowest BCUT2D eigenvalue weighted by Gasteiger charge is -2.19. The van der Waals surface area contributed by atoms with Crippen molar-refractivity contribution in [1.29, 1.82) is 0 Å². The largest absolute Gasteiger partial charge is 0.492 e. The van der Waals surface area contributed by atoms with Crippen LogP contribution in [0.25, 0.3) is 5.52 Å². The van der Waals surface area contributed by atoms with Crippen molar-refractivity contribution in [3.05, 3.63) is 46.4 Å². The molecule has 0 saturated heterocycles.